The van der Waals surface area contributed by atoms with Gasteiger partial charge in [0.25, 0.3) is 5.91 Å². The zero-order valence-electron chi connectivity index (χ0n) is 13.1. The molecule has 0 saturated heterocycles. The molecule has 120 valence electrons. The molecule has 0 fully saturated rings. The minimum Gasteiger partial charge on any atom is -0.497 e. The Bertz CT molecular complexity index is 903. The molecule has 0 spiro atoms. The summed E-state index contributed by atoms with van der Waals surface area (Å²) in [4.78, 5) is 12.5. The standard InChI is InChI=1S/C19H16N2O2S/c1-23-15-9-5-8-14(12-15)20-19(24)21-18(22)17-11-4-7-13-6-2-3-10-16(13)17/h2-12H,1H3,(H2,20,21,22,24). The fourth-order valence-corrected chi connectivity index (χ4v) is 2.67. The summed E-state index contributed by atoms with van der Waals surface area (Å²) in [5.74, 6) is 0.468. The Morgan fingerprint density at radius 2 is 1.75 bits per heavy atom. The van der Waals surface area contributed by atoms with Crippen molar-refractivity contribution in [3.63, 3.8) is 0 Å². The normalized spacial score (nSPS) is 10.2. The number of carbonyl (C=O) groups excluding carboxylic acids is 1. The maximum absolute atomic E-state index is 12.5. The zero-order chi connectivity index (χ0) is 16.9. The van der Waals surface area contributed by atoms with Crippen LogP contribution in [0.1, 0.15) is 10.4 Å². The van der Waals surface area contributed by atoms with E-state index in [1.54, 1.807) is 19.2 Å². The second-order valence-electron chi connectivity index (χ2n) is 5.17. The molecule has 24 heavy (non-hydrogen) atoms. The molecule has 3 rings (SSSR count). The second-order valence-corrected chi connectivity index (χ2v) is 5.58. The highest BCUT2D eigenvalue weighted by Gasteiger charge is 2.11. The van der Waals surface area contributed by atoms with E-state index in [2.05, 4.69) is 10.6 Å². The first-order chi connectivity index (χ1) is 11.7. The maximum atomic E-state index is 12.5. The molecule has 4 nitrogen and oxygen atoms in total. The molecule has 1 amide bonds. The minimum absolute atomic E-state index is 0.237. The summed E-state index contributed by atoms with van der Waals surface area (Å²) in [5, 5.41) is 7.84. The molecule has 5 heteroatoms. The number of methoxy groups -OCH3 is 1. The topological polar surface area (TPSA) is 50.4 Å². The van der Waals surface area contributed by atoms with Crippen LogP contribution in [0.25, 0.3) is 10.8 Å². The lowest BCUT2D eigenvalue weighted by Crippen LogP contribution is -2.34. The number of carbonyl (C=O) groups is 1. The first kappa shape index (κ1) is 16.0. The van der Waals surface area contributed by atoms with Crippen LogP contribution in [0, 0.1) is 0 Å². The predicted molar refractivity (Wildman–Crippen MR) is 101 cm³/mol. The van der Waals surface area contributed by atoms with Crippen LogP contribution in [0.15, 0.2) is 66.7 Å². The van der Waals surface area contributed by atoms with E-state index < -0.39 is 0 Å². The molecule has 0 aliphatic carbocycles. The van der Waals surface area contributed by atoms with Crippen molar-refractivity contribution in [1.29, 1.82) is 0 Å². The van der Waals surface area contributed by atoms with Gasteiger partial charge in [-0.05, 0) is 41.2 Å². The van der Waals surface area contributed by atoms with E-state index in [4.69, 9.17) is 17.0 Å². The van der Waals surface area contributed by atoms with E-state index in [-0.39, 0.29) is 11.0 Å². The predicted octanol–water partition coefficient (Wildman–Crippen LogP) is 3.98. The summed E-state index contributed by atoms with van der Waals surface area (Å²) in [7, 11) is 1.60. The van der Waals surface area contributed by atoms with Crippen molar-refractivity contribution >= 4 is 39.7 Å². The number of hydrogen-bond donors (Lipinski definition) is 2. The number of fused-ring (bicyclic) bond motifs is 1. The molecule has 3 aromatic rings. The van der Waals surface area contributed by atoms with Gasteiger partial charge in [0.1, 0.15) is 5.75 Å². The SMILES string of the molecule is COc1cccc(NC(=S)NC(=O)c2cccc3ccccc23)c1. The van der Waals surface area contributed by atoms with Crippen molar-refractivity contribution in [2.24, 2.45) is 0 Å². The number of hydrogen-bond acceptors (Lipinski definition) is 3. The van der Waals surface area contributed by atoms with E-state index in [1.165, 1.54) is 0 Å². The summed E-state index contributed by atoms with van der Waals surface area (Å²) in [5.41, 5.74) is 1.33. The van der Waals surface area contributed by atoms with Crippen molar-refractivity contribution in [3.8, 4) is 5.75 Å². The minimum atomic E-state index is -0.243. The Morgan fingerprint density at radius 1 is 1.00 bits per heavy atom. The molecule has 0 aliphatic heterocycles. The van der Waals surface area contributed by atoms with Crippen LogP contribution >= 0.6 is 12.2 Å². The fraction of sp³-hybridized carbons (Fsp3) is 0.0526. The Morgan fingerprint density at radius 3 is 2.58 bits per heavy atom. The Kier molecular flexibility index (Phi) is 4.72. The van der Waals surface area contributed by atoms with Crippen molar-refractivity contribution < 1.29 is 9.53 Å². The van der Waals surface area contributed by atoms with Gasteiger partial charge in [-0.1, -0.05) is 42.5 Å². The van der Waals surface area contributed by atoms with Crippen LogP contribution in [0.4, 0.5) is 5.69 Å². The summed E-state index contributed by atoms with van der Waals surface area (Å²) >= 11 is 5.23. The van der Waals surface area contributed by atoms with E-state index >= 15 is 0 Å². The molecular formula is C19H16N2O2S. The van der Waals surface area contributed by atoms with Gasteiger partial charge in [0, 0.05) is 17.3 Å². The molecule has 3 aromatic carbocycles. The van der Waals surface area contributed by atoms with Crippen molar-refractivity contribution in [1.82, 2.24) is 5.32 Å². The summed E-state index contributed by atoms with van der Waals surface area (Å²) in [6.07, 6.45) is 0. The average molecular weight is 336 g/mol. The lowest BCUT2D eigenvalue weighted by molar-refractivity contribution is 0.0979. The number of ether oxygens (including phenoxy) is 1. The van der Waals surface area contributed by atoms with Crippen LogP contribution < -0.4 is 15.4 Å². The van der Waals surface area contributed by atoms with E-state index in [1.807, 2.05) is 54.6 Å². The maximum Gasteiger partial charge on any atom is 0.258 e. The van der Waals surface area contributed by atoms with Gasteiger partial charge in [-0.3, -0.25) is 10.1 Å². The Balaban J connectivity index is 1.75. The highest BCUT2D eigenvalue weighted by atomic mass is 32.1. The molecule has 2 N–H and O–H groups in total. The quantitative estimate of drug-likeness (QED) is 0.711. The van der Waals surface area contributed by atoms with Gasteiger partial charge in [0.05, 0.1) is 7.11 Å². The van der Waals surface area contributed by atoms with Gasteiger partial charge >= 0.3 is 0 Å². The van der Waals surface area contributed by atoms with Crippen molar-refractivity contribution in [2.45, 2.75) is 0 Å². The molecule has 0 atom stereocenters. The van der Waals surface area contributed by atoms with E-state index in [9.17, 15) is 4.79 Å². The first-order valence-corrected chi connectivity index (χ1v) is 7.82. The largest absolute Gasteiger partial charge is 0.497 e. The number of benzene rings is 3. The first-order valence-electron chi connectivity index (χ1n) is 7.41. The number of anilines is 1. The molecule has 0 radical (unpaired) electrons. The van der Waals surface area contributed by atoms with Gasteiger partial charge in [-0.15, -0.1) is 0 Å². The number of amides is 1. The average Bonchev–Trinajstić information content (AvgIpc) is 2.61. The third kappa shape index (κ3) is 3.52. The van der Waals surface area contributed by atoms with Gasteiger partial charge in [-0.25, -0.2) is 0 Å². The number of rotatable bonds is 3. The lowest BCUT2D eigenvalue weighted by Gasteiger charge is -2.11. The monoisotopic (exact) mass is 336 g/mol. The second kappa shape index (κ2) is 7.10. The van der Waals surface area contributed by atoms with Gasteiger partial charge in [-0.2, -0.15) is 0 Å². The highest BCUT2D eigenvalue weighted by molar-refractivity contribution is 7.80. The molecule has 0 aromatic heterocycles. The van der Waals surface area contributed by atoms with Crippen LogP contribution in [0.2, 0.25) is 0 Å². The Hall–Kier alpha value is -2.92. The van der Waals surface area contributed by atoms with Gasteiger partial charge in [0.15, 0.2) is 5.11 Å². The summed E-state index contributed by atoms with van der Waals surface area (Å²) < 4.78 is 5.16. The fourth-order valence-electron chi connectivity index (χ4n) is 2.46. The molecule has 0 aliphatic rings. The molecule has 0 bridgehead atoms. The van der Waals surface area contributed by atoms with Crippen LogP contribution in [0.3, 0.4) is 0 Å². The third-order valence-electron chi connectivity index (χ3n) is 3.59. The zero-order valence-corrected chi connectivity index (χ0v) is 13.9. The molecule has 0 unspecified atom stereocenters. The smallest absolute Gasteiger partial charge is 0.258 e. The van der Waals surface area contributed by atoms with Crippen molar-refractivity contribution in [2.75, 3.05) is 12.4 Å². The highest BCUT2D eigenvalue weighted by Crippen LogP contribution is 2.19. The van der Waals surface area contributed by atoms with Crippen LogP contribution in [-0.4, -0.2) is 18.1 Å². The summed E-state index contributed by atoms with van der Waals surface area (Å²) in [6.45, 7) is 0. The van der Waals surface area contributed by atoms with Crippen molar-refractivity contribution in [3.05, 3.63) is 72.3 Å². The molecule has 0 heterocycles. The molecule has 0 saturated carbocycles. The van der Waals surface area contributed by atoms with Gasteiger partial charge in [0.2, 0.25) is 0 Å². The van der Waals surface area contributed by atoms with Gasteiger partial charge < -0.3 is 10.1 Å². The number of nitrogens with one attached hydrogen (secondary N) is 2. The van der Waals surface area contributed by atoms with E-state index in [0.29, 0.717) is 11.3 Å². The third-order valence-corrected chi connectivity index (χ3v) is 3.79. The summed E-state index contributed by atoms with van der Waals surface area (Å²) in [6, 6.07) is 20.7. The van der Waals surface area contributed by atoms with Crippen LogP contribution in [-0.2, 0) is 0 Å². The number of thiocarbonyl (C=S) groups is 1. The lowest BCUT2D eigenvalue weighted by atomic mass is 10.0. The van der Waals surface area contributed by atoms with Crippen LogP contribution in [0.5, 0.6) is 5.75 Å². The van der Waals surface area contributed by atoms with E-state index in [0.717, 1.165) is 16.5 Å². The Labute approximate surface area is 145 Å². The molecular weight excluding hydrogens is 320 g/mol.